The molecular weight excluding hydrogens is 447 g/mol. The number of hydrogen-bond donors (Lipinski definition) is 2. The Balaban J connectivity index is 0.00000625. The minimum atomic E-state index is -0.452. The van der Waals surface area contributed by atoms with Crippen LogP contribution in [0, 0.1) is 5.92 Å². The van der Waals surface area contributed by atoms with Crippen LogP contribution in [0.25, 0.3) is 0 Å². The Labute approximate surface area is 175 Å². The normalized spacial score (nSPS) is 18.1. The number of nitrogens with zero attached hydrogens (tertiary/aromatic N) is 2. The van der Waals surface area contributed by atoms with Crippen LogP contribution in [0.3, 0.4) is 0 Å². The first-order valence-electron chi connectivity index (χ1n) is 9.34. The van der Waals surface area contributed by atoms with Gasteiger partial charge in [0.25, 0.3) is 0 Å². The van der Waals surface area contributed by atoms with Crippen LogP contribution in [0.5, 0.6) is 0 Å². The van der Waals surface area contributed by atoms with Gasteiger partial charge in [-0.15, -0.1) is 24.0 Å². The molecule has 0 spiro atoms. The summed E-state index contributed by atoms with van der Waals surface area (Å²) in [5.41, 5.74) is -0.452. The van der Waals surface area contributed by atoms with Crippen LogP contribution >= 0.6 is 24.0 Å². The highest BCUT2D eigenvalue weighted by atomic mass is 127. The van der Waals surface area contributed by atoms with Gasteiger partial charge in [-0.05, 0) is 52.9 Å². The molecule has 0 aromatic carbocycles. The molecule has 26 heavy (non-hydrogen) atoms. The number of likely N-dealkylation sites (tertiary alicyclic amines) is 1. The van der Waals surface area contributed by atoms with Gasteiger partial charge in [-0.2, -0.15) is 0 Å². The second-order valence-corrected chi connectivity index (χ2v) is 7.43. The van der Waals surface area contributed by atoms with Crippen molar-refractivity contribution in [1.29, 1.82) is 0 Å². The summed E-state index contributed by atoms with van der Waals surface area (Å²) in [6, 6.07) is 0. The number of methoxy groups -OCH3 is 1. The molecule has 0 aromatic heterocycles. The van der Waals surface area contributed by atoms with Crippen LogP contribution < -0.4 is 10.6 Å². The predicted molar refractivity (Wildman–Crippen MR) is 116 cm³/mol. The molecule has 0 aliphatic carbocycles. The van der Waals surface area contributed by atoms with Gasteiger partial charge in [-0.3, -0.25) is 4.99 Å². The van der Waals surface area contributed by atoms with Crippen molar-refractivity contribution in [2.45, 2.75) is 52.6 Å². The molecule has 1 aliphatic rings. The monoisotopic (exact) mass is 484 g/mol. The second kappa shape index (κ2) is 13.4. The fourth-order valence-corrected chi connectivity index (χ4v) is 2.69. The zero-order valence-electron chi connectivity index (χ0n) is 17.0. The topological polar surface area (TPSA) is 75.2 Å². The number of guanidine groups is 1. The van der Waals surface area contributed by atoms with Crippen LogP contribution in [0.1, 0.15) is 47.0 Å². The lowest BCUT2D eigenvalue weighted by Crippen LogP contribution is -2.44. The zero-order chi connectivity index (χ0) is 18.7. The Morgan fingerprint density at radius 1 is 1.31 bits per heavy atom. The molecule has 1 heterocycles. The van der Waals surface area contributed by atoms with E-state index in [0.29, 0.717) is 19.0 Å². The van der Waals surface area contributed by atoms with E-state index in [0.717, 1.165) is 51.5 Å². The first kappa shape index (κ1) is 25.2. The Bertz CT molecular complexity index is 427. The molecule has 1 rings (SSSR count). The number of ether oxygens (including phenoxy) is 2. The van der Waals surface area contributed by atoms with E-state index >= 15 is 0 Å². The average Bonchev–Trinajstić information content (AvgIpc) is 2.55. The molecule has 0 aromatic rings. The van der Waals surface area contributed by atoms with Gasteiger partial charge in [-0.1, -0.05) is 0 Å². The molecule has 1 saturated heterocycles. The third-order valence-electron chi connectivity index (χ3n) is 3.84. The molecular formula is C18H37IN4O3. The number of aliphatic imine (C=N–C) groups is 1. The number of rotatable bonds is 7. The Morgan fingerprint density at radius 2 is 2.04 bits per heavy atom. The lowest BCUT2D eigenvalue weighted by atomic mass is 9.98. The fraction of sp³-hybridized carbons (Fsp3) is 0.889. The third kappa shape index (κ3) is 11.1. The molecule has 0 saturated carbocycles. The quantitative estimate of drug-likeness (QED) is 0.252. The van der Waals surface area contributed by atoms with E-state index in [4.69, 9.17) is 9.47 Å². The average molecular weight is 484 g/mol. The van der Waals surface area contributed by atoms with E-state index in [9.17, 15) is 4.79 Å². The van der Waals surface area contributed by atoms with Crippen molar-refractivity contribution in [1.82, 2.24) is 15.5 Å². The lowest BCUT2D eigenvalue weighted by Gasteiger charge is -2.33. The Kier molecular flexibility index (Phi) is 13.0. The van der Waals surface area contributed by atoms with Gasteiger partial charge in [0.2, 0.25) is 0 Å². The lowest BCUT2D eigenvalue weighted by molar-refractivity contribution is 0.0170. The molecule has 1 fully saturated rings. The van der Waals surface area contributed by atoms with E-state index in [1.807, 2.05) is 25.7 Å². The number of piperidine rings is 1. The first-order valence-corrected chi connectivity index (χ1v) is 9.34. The molecule has 0 radical (unpaired) electrons. The minimum absolute atomic E-state index is 0. The minimum Gasteiger partial charge on any atom is -0.444 e. The van der Waals surface area contributed by atoms with Crippen molar-refractivity contribution in [3.05, 3.63) is 0 Å². The van der Waals surface area contributed by atoms with Crippen LogP contribution in [0.2, 0.25) is 0 Å². The smallest absolute Gasteiger partial charge is 0.410 e. The summed E-state index contributed by atoms with van der Waals surface area (Å²) in [5, 5.41) is 6.57. The van der Waals surface area contributed by atoms with Crippen LogP contribution in [-0.2, 0) is 9.47 Å². The molecule has 8 heteroatoms. The van der Waals surface area contributed by atoms with Gasteiger partial charge >= 0.3 is 6.09 Å². The molecule has 1 atom stereocenters. The van der Waals surface area contributed by atoms with Crippen LogP contribution in [0.4, 0.5) is 4.79 Å². The van der Waals surface area contributed by atoms with E-state index in [-0.39, 0.29) is 30.1 Å². The third-order valence-corrected chi connectivity index (χ3v) is 3.84. The van der Waals surface area contributed by atoms with Gasteiger partial charge in [-0.25, -0.2) is 4.79 Å². The highest BCUT2D eigenvalue weighted by Gasteiger charge is 2.27. The van der Waals surface area contributed by atoms with E-state index in [1.54, 1.807) is 7.11 Å². The van der Waals surface area contributed by atoms with Crippen molar-refractivity contribution in [3.63, 3.8) is 0 Å². The van der Waals surface area contributed by atoms with Crippen LogP contribution in [-0.4, -0.2) is 69.0 Å². The van der Waals surface area contributed by atoms with Crippen molar-refractivity contribution in [2.24, 2.45) is 10.9 Å². The van der Waals surface area contributed by atoms with Gasteiger partial charge in [0.15, 0.2) is 5.96 Å². The number of amides is 1. The van der Waals surface area contributed by atoms with Crippen molar-refractivity contribution in [3.8, 4) is 0 Å². The van der Waals surface area contributed by atoms with Crippen molar-refractivity contribution < 1.29 is 14.3 Å². The molecule has 1 aliphatic heterocycles. The molecule has 0 bridgehead atoms. The maximum atomic E-state index is 12.2. The number of hydrogen-bond acceptors (Lipinski definition) is 4. The maximum absolute atomic E-state index is 12.2. The summed E-state index contributed by atoms with van der Waals surface area (Å²) in [6.07, 6.45) is 2.81. The number of carbonyl (C=O) groups is 1. The standard InChI is InChI=1S/C18H36N4O3.HI/c1-6-19-16(20-10-8-12-24-5)21-13-15-9-7-11-22(14-15)17(23)25-18(2,3)4;/h15H,6-14H2,1-5H3,(H2,19,20,21);1H. The SMILES string of the molecule is CCNC(=NCC1CCCN(C(=O)OC(C)(C)C)C1)NCCCOC.I. The molecule has 2 N–H and O–H groups in total. The van der Waals surface area contributed by atoms with Crippen molar-refractivity contribution >= 4 is 36.0 Å². The fourth-order valence-electron chi connectivity index (χ4n) is 2.69. The molecule has 154 valence electrons. The number of nitrogens with one attached hydrogen (secondary N) is 2. The van der Waals surface area contributed by atoms with E-state index in [1.165, 1.54) is 0 Å². The molecule has 1 amide bonds. The van der Waals surface area contributed by atoms with Crippen molar-refractivity contribution in [2.75, 3.05) is 46.4 Å². The molecule has 7 nitrogen and oxygen atoms in total. The number of halogens is 1. The first-order chi connectivity index (χ1) is 11.9. The predicted octanol–water partition coefficient (Wildman–Crippen LogP) is 2.84. The number of carbonyl (C=O) groups excluding carboxylic acids is 1. The highest BCUT2D eigenvalue weighted by molar-refractivity contribution is 14.0. The van der Waals surface area contributed by atoms with Gasteiger partial charge in [0.1, 0.15) is 5.60 Å². The molecule has 1 unspecified atom stereocenters. The summed E-state index contributed by atoms with van der Waals surface area (Å²) in [5.74, 6) is 1.20. The largest absolute Gasteiger partial charge is 0.444 e. The summed E-state index contributed by atoms with van der Waals surface area (Å²) < 4.78 is 10.5. The second-order valence-electron chi connectivity index (χ2n) is 7.43. The maximum Gasteiger partial charge on any atom is 0.410 e. The Morgan fingerprint density at radius 3 is 2.65 bits per heavy atom. The highest BCUT2D eigenvalue weighted by Crippen LogP contribution is 2.19. The summed E-state index contributed by atoms with van der Waals surface area (Å²) in [6.45, 7) is 12.3. The summed E-state index contributed by atoms with van der Waals surface area (Å²) in [7, 11) is 1.71. The summed E-state index contributed by atoms with van der Waals surface area (Å²) in [4.78, 5) is 18.7. The van der Waals surface area contributed by atoms with Gasteiger partial charge < -0.3 is 25.0 Å². The van der Waals surface area contributed by atoms with Gasteiger partial charge in [0.05, 0.1) is 0 Å². The van der Waals surface area contributed by atoms with E-state index < -0.39 is 5.60 Å². The zero-order valence-corrected chi connectivity index (χ0v) is 19.3. The van der Waals surface area contributed by atoms with Gasteiger partial charge in [0, 0.05) is 46.4 Å². The van der Waals surface area contributed by atoms with Crippen LogP contribution in [0.15, 0.2) is 4.99 Å². The summed E-state index contributed by atoms with van der Waals surface area (Å²) >= 11 is 0. The van der Waals surface area contributed by atoms with E-state index in [2.05, 4.69) is 22.5 Å². The Hall–Kier alpha value is -0.770.